The number of aryl methyl sites for hydroxylation is 4. The van der Waals surface area contributed by atoms with E-state index in [1.54, 1.807) is 27.8 Å². The Labute approximate surface area is 218 Å². The predicted octanol–water partition coefficient (Wildman–Crippen LogP) is 6.87. The van der Waals surface area contributed by atoms with E-state index in [1.807, 2.05) is 53.7 Å². The number of carboxylic acid groups (broad SMARTS) is 1. The van der Waals surface area contributed by atoms with Gasteiger partial charge in [0.05, 0.1) is 11.1 Å². The normalized spacial score (nSPS) is 11.1. The number of hydrogen-bond acceptors (Lipinski definition) is 5. The molecule has 1 heterocycles. The zero-order valence-corrected chi connectivity index (χ0v) is 23.5. The minimum absolute atomic E-state index is 0.108. The predicted molar refractivity (Wildman–Crippen MR) is 150 cm³/mol. The molecule has 3 N–H and O–H groups in total. The van der Waals surface area contributed by atoms with Crippen LogP contribution in [0.3, 0.4) is 0 Å². The molecule has 0 amide bonds. The second kappa shape index (κ2) is 10.4. The van der Waals surface area contributed by atoms with Gasteiger partial charge in [-0.25, -0.2) is 4.79 Å². The highest BCUT2D eigenvalue weighted by Gasteiger charge is 2.31. The summed E-state index contributed by atoms with van der Waals surface area (Å²) in [5.41, 5.74) is 7.97. The molecule has 2 aromatic carbocycles. The van der Waals surface area contributed by atoms with Gasteiger partial charge in [0.25, 0.3) is 0 Å². The summed E-state index contributed by atoms with van der Waals surface area (Å²) in [6.45, 7) is 17.2. The lowest BCUT2D eigenvalue weighted by Crippen LogP contribution is -2.22. The summed E-state index contributed by atoms with van der Waals surface area (Å²) in [7, 11) is 1.76. The SMILES string of the molecule is CC.CNCc1c2oc3c(C)c(O)c(C)c(C)c3c(-c3c(C)ccc(C)c3C(=O)O)c-2c(C)c(C)c1=O. The average Bonchev–Trinajstić information content (AvgIpc) is 2.88. The topological polar surface area (TPSA) is 99.8 Å². The molecule has 0 saturated heterocycles. The molecule has 0 bridgehead atoms. The molecule has 1 aliphatic heterocycles. The molecule has 2 aromatic rings. The van der Waals surface area contributed by atoms with Crippen LogP contribution in [-0.4, -0.2) is 23.2 Å². The summed E-state index contributed by atoms with van der Waals surface area (Å²) in [6.07, 6.45) is 0. The third-order valence-electron chi connectivity index (χ3n) is 7.41. The first-order valence-corrected chi connectivity index (χ1v) is 12.6. The number of carboxylic acids is 1. The van der Waals surface area contributed by atoms with Gasteiger partial charge in [-0.3, -0.25) is 4.79 Å². The van der Waals surface area contributed by atoms with Gasteiger partial charge >= 0.3 is 5.97 Å². The molecular weight excluding hydrogens is 466 g/mol. The van der Waals surface area contributed by atoms with Gasteiger partial charge in [-0.1, -0.05) is 26.0 Å². The van der Waals surface area contributed by atoms with Crippen molar-refractivity contribution in [3.63, 3.8) is 0 Å². The molecule has 1 aliphatic carbocycles. The Morgan fingerprint density at radius 1 is 0.838 bits per heavy atom. The molecule has 0 radical (unpaired) electrons. The van der Waals surface area contributed by atoms with Crippen molar-refractivity contribution >= 4 is 16.9 Å². The van der Waals surface area contributed by atoms with Crippen LogP contribution in [0, 0.1) is 48.5 Å². The Bertz CT molecular complexity index is 1580. The van der Waals surface area contributed by atoms with Crippen LogP contribution in [-0.2, 0) is 6.54 Å². The molecule has 0 atom stereocenters. The molecule has 196 valence electrons. The molecule has 0 aromatic heterocycles. The molecule has 0 saturated carbocycles. The Morgan fingerprint density at radius 2 is 1.43 bits per heavy atom. The monoisotopic (exact) mass is 503 g/mol. The average molecular weight is 504 g/mol. The molecule has 2 aliphatic rings. The molecule has 37 heavy (non-hydrogen) atoms. The van der Waals surface area contributed by atoms with Crippen LogP contribution >= 0.6 is 0 Å². The number of benzene rings is 3. The molecule has 0 spiro atoms. The van der Waals surface area contributed by atoms with Gasteiger partial charge < -0.3 is 19.9 Å². The van der Waals surface area contributed by atoms with Gasteiger partial charge in [0, 0.05) is 39.7 Å². The minimum Gasteiger partial charge on any atom is -0.507 e. The van der Waals surface area contributed by atoms with E-state index in [-0.39, 0.29) is 16.7 Å². The van der Waals surface area contributed by atoms with Crippen LogP contribution in [0.2, 0.25) is 0 Å². The summed E-state index contributed by atoms with van der Waals surface area (Å²) >= 11 is 0. The van der Waals surface area contributed by atoms with Crippen LogP contribution in [0.5, 0.6) is 5.75 Å². The van der Waals surface area contributed by atoms with Gasteiger partial charge in [-0.15, -0.1) is 0 Å². The van der Waals surface area contributed by atoms with Crippen LogP contribution < -0.4 is 10.7 Å². The first-order valence-electron chi connectivity index (χ1n) is 12.6. The van der Waals surface area contributed by atoms with Crippen LogP contribution in [0.25, 0.3) is 33.4 Å². The molecule has 6 nitrogen and oxygen atoms in total. The van der Waals surface area contributed by atoms with E-state index in [0.717, 1.165) is 33.2 Å². The van der Waals surface area contributed by atoms with Gasteiger partial charge in [-0.2, -0.15) is 0 Å². The molecule has 6 heteroatoms. The van der Waals surface area contributed by atoms with Crippen LogP contribution in [0.15, 0.2) is 21.3 Å². The van der Waals surface area contributed by atoms with Crippen molar-refractivity contribution in [3.05, 3.63) is 72.4 Å². The Balaban J connectivity index is 0.00000186. The van der Waals surface area contributed by atoms with Crippen molar-refractivity contribution in [3.8, 4) is 28.2 Å². The zero-order chi connectivity index (χ0) is 27.9. The fourth-order valence-corrected chi connectivity index (χ4v) is 5.19. The van der Waals surface area contributed by atoms with E-state index >= 15 is 0 Å². The van der Waals surface area contributed by atoms with Gasteiger partial charge in [-0.05, 0) is 83.3 Å². The van der Waals surface area contributed by atoms with Crippen molar-refractivity contribution in [1.82, 2.24) is 5.32 Å². The van der Waals surface area contributed by atoms with E-state index in [2.05, 4.69) is 5.32 Å². The minimum atomic E-state index is -1.02. The molecule has 4 rings (SSSR count). The Kier molecular flexibility index (Phi) is 7.84. The standard InChI is InChI=1S/C29H31NO5.C2H6/c1-12-9-10-13(2)21(29(33)34)20(12)24-22-14(3)16(5)25(31)18(7)27(22)35-28-19(11-30-8)26(32)17(6)15(4)23(24)28;1-2/h9-10,30-31H,11H2,1-8H3,(H,33,34);1-2H3. The first kappa shape index (κ1) is 27.9. The third kappa shape index (κ3) is 4.19. The van der Waals surface area contributed by atoms with Crippen LogP contribution in [0.4, 0.5) is 0 Å². The first-order chi connectivity index (χ1) is 17.4. The number of aromatic hydroxyl groups is 1. The second-order valence-electron chi connectivity index (χ2n) is 9.45. The number of aromatic carboxylic acids is 1. The summed E-state index contributed by atoms with van der Waals surface area (Å²) in [5, 5.41) is 25.0. The number of hydrogen-bond donors (Lipinski definition) is 3. The number of nitrogens with one attached hydrogen (secondary N) is 1. The summed E-state index contributed by atoms with van der Waals surface area (Å²) < 4.78 is 6.48. The molecular formula is C31H37NO5. The lowest BCUT2D eigenvalue weighted by atomic mass is 9.81. The maximum atomic E-state index is 13.3. The van der Waals surface area contributed by atoms with Crippen molar-refractivity contribution in [2.24, 2.45) is 0 Å². The largest absolute Gasteiger partial charge is 0.507 e. The fourth-order valence-electron chi connectivity index (χ4n) is 5.19. The number of rotatable bonds is 4. The van der Waals surface area contributed by atoms with Gasteiger partial charge in [0.2, 0.25) is 0 Å². The quantitative estimate of drug-likeness (QED) is 0.263. The third-order valence-corrected chi connectivity index (χ3v) is 7.41. The van der Waals surface area contributed by atoms with Crippen molar-refractivity contribution < 1.29 is 19.4 Å². The number of fused-ring (bicyclic) bond motifs is 2. The van der Waals surface area contributed by atoms with Gasteiger partial charge in [0.15, 0.2) is 5.43 Å². The number of phenolic OH excluding ortho intramolecular Hbond substituents is 1. The lowest BCUT2D eigenvalue weighted by molar-refractivity contribution is 0.0697. The summed E-state index contributed by atoms with van der Waals surface area (Å²) in [4.78, 5) is 25.9. The fraction of sp³-hybridized carbons (Fsp3) is 0.355. The Morgan fingerprint density at radius 3 is 2.00 bits per heavy atom. The van der Waals surface area contributed by atoms with E-state index in [0.29, 0.717) is 51.3 Å². The van der Waals surface area contributed by atoms with Crippen molar-refractivity contribution in [2.45, 2.75) is 68.9 Å². The second-order valence-corrected chi connectivity index (χ2v) is 9.45. The maximum absolute atomic E-state index is 13.3. The van der Waals surface area contributed by atoms with Gasteiger partial charge in [0.1, 0.15) is 17.1 Å². The number of phenols is 1. The van der Waals surface area contributed by atoms with Crippen molar-refractivity contribution in [2.75, 3.05) is 7.05 Å². The smallest absolute Gasteiger partial charge is 0.336 e. The highest BCUT2D eigenvalue weighted by atomic mass is 16.4. The maximum Gasteiger partial charge on any atom is 0.336 e. The highest BCUT2D eigenvalue weighted by Crippen LogP contribution is 2.49. The highest BCUT2D eigenvalue weighted by molar-refractivity contribution is 6.11. The zero-order valence-electron chi connectivity index (χ0n) is 23.5. The van der Waals surface area contributed by atoms with E-state index < -0.39 is 5.97 Å². The van der Waals surface area contributed by atoms with Crippen LogP contribution in [0.1, 0.15) is 68.7 Å². The summed E-state index contributed by atoms with van der Waals surface area (Å²) in [6, 6.07) is 3.74. The lowest BCUT2D eigenvalue weighted by Gasteiger charge is -2.26. The van der Waals surface area contributed by atoms with E-state index in [1.165, 1.54) is 0 Å². The molecule has 0 fully saturated rings. The number of carbonyl (C=O) groups is 1. The van der Waals surface area contributed by atoms with E-state index in [4.69, 9.17) is 4.42 Å². The Hall–Kier alpha value is -3.64. The summed E-state index contributed by atoms with van der Waals surface area (Å²) in [5.74, 6) is -0.471. The molecule has 0 unspecified atom stereocenters. The van der Waals surface area contributed by atoms with E-state index in [9.17, 15) is 19.8 Å². The van der Waals surface area contributed by atoms with Crippen molar-refractivity contribution in [1.29, 1.82) is 0 Å².